The number of sulfone groups is 1. The first kappa shape index (κ1) is 16.0. The van der Waals surface area contributed by atoms with Crippen molar-refractivity contribution in [2.75, 3.05) is 0 Å². The summed E-state index contributed by atoms with van der Waals surface area (Å²) in [5.74, 6) is 0. The molecule has 0 saturated heterocycles. The minimum absolute atomic E-state index is 0.0297. The summed E-state index contributed by atoms with van der Waals surface area (Å²) < 4.78 is 48.5. The van der Waals surface area contributed by atoms with Crippen molar-refractivity contribution in [3.63, 3.8) is 0 Å². The Labute approximate surface area is 128 Å². The number of halogens is 1. The van der Waals surface area contributed by atoms with Crippen LogP contribution in [0.25, 0.3) is 0 Å². The molecular weight excluding hydrogens is 332 g/mol. The molecule has 0 amide bonds. The monoisotopic (exact) mass is 344 g/mol. The zero-order valence-electron chi connectivity index (χ0n) is 11.2. The number of hydrogen-bond acceptors (Lipinski definition) is 4. The maximum absolute atomic E-state index is 12.7. The summed E-state index contributed by atoms with van der Waals surface area (Å²) in [4.78, 5) is -0.0783. The topological polar surface area (TPSA) is 68.3 Å². The van der Waals surface area contributed by atoms with Gasteiger partial charge in [0.2, 0.25) is 9.84 Å². The molecule has 0 heterocycles. The van der Waals surface area contributed by atoms with E-state index in [1.165, 1.54) is 30.3 Å². The van der Waals surface area contributed by atoms with Crippen molar-refractivity contribution < 1.29 is 16.8 Å². The van der Waals surface area contributed by atoms with Gasteiger partial charge in [0.15, 0.2) is 0 Å². The molecule has 0 bridgehead atoms. The van der Waals surface area contributed by atoms with Crippen LogP contribution in [0, 0.1) is 0 Å². The van der Waals surface area contributed by atoms with Crippen LogP contribution < -0.4 is 0 Å². The van der Waals surface area contributed by atoms with Gasteiger partial charge in [-0.25, -0.2) is 16.8 Å². The molecule has 0 saturated carbocycles. The van der Waals surface area contributed by atoms with Gasteiger partial charge in [-0.15, -0.1) is 0 Å². The van der Waals surface area contributed by atoms with Gasteiger partial charge in [-0.3, -0.25) is 0 Å². The zero-order valence-corrected chi connectivity index (χ0v) is 13.5. The molecule has 0 aliphatic rings. The first-order valence-electron chi connectivity index (χ1n) is 6.15. The van der Waals surface area contributed by atoms with Crippen LogP contribution in [0.3, 0.4) is 0 Å². The van der Waals surface area contributed by atoms with Gasteiger partial charge < -0.3 is 0 Å². The van der Waals surface area contributed by atoms with Gasteiger partial charge in [0, 0.05) is 10.7 Å². The van der Waals surface area contributed by atoms with Crippen molar-refractivity contribution in [3.8, 4) is 0 Å². The number of benzene rings is 2. The highest BCUT2D eigenvalue weighted by Gasteiger charge is 2.25. The fraction of sp³-hybridized carbons (Fsp3) is 0.143. The van der Waals surface area contributed by atoms with E-state index in [9.17, 15) is 16.8 Å². The molecule has 2 aromatic rings. The van der Waals surface area contributed by atoms with Crippen molar-refractivity contribution in [1.82, 2.24) is 0 Å². The Morgan fingerprint density at radius 2 is 1.43 bits per heavy atom. The molecule has 0 spiro atoms. The summed E-state index contributed by atoms with van der Waals surface area (Å²) in [6.07, 6.45) is 0.240. The second-order valence-electron chi connectivity index (χ2n) is 4.34. The lowest BCUT2D eigenvalue weighted by Gasteiger charge is -2.12. The highest BCUT2D eigenvalue weighted by molar-refractivity contribution is 8.13. The molecule has 112 valence electrons. The summed E-state index contributed by atoms with van der Waals surface area (Å²) in [7, 11) is -2.40. The van der Waals surface area contributed by atoms with E-state index in [0.29, 0.717) is 0 Å². The van der Waals surface area contributed by atoms with E-state index in [1.807, 2.05) is 0 Å². The molecular formula is C14H13ClO4S2. The molecule has 0 aliphatic carbocycles. The van der Waals surface area contributed by atoms with Gasteiger partial charge in [-0.1, -0.05) is 31.2 Å². The minimum Gasteiger partial charge on any atom is -0.219 e. The van der Waals surface area contributed by atoms with Crippen molar-refractivity contribution in [2.24, 2.45) is 0 Å². The summed E-state index contributed by atoms with van der Waals surface area (Å²) in [6.45, 7) is 1.69. The van der Waals surface area contributed by atoms with Crippen LogP contribution in [0.4, 0.5) is 0 Å². The van der Waals surface area contributed by atoms with Crippen LogP contribution >= 0.6 is 10.7 Å². The highest BCUT2D eigenvalue weighted by Crippen LogP contribution is 2.30. The predicted molar refractivity (Wildman–Crippen MR) is 80.8 cm³/mol. The van der Waals surface area contributed by atoms with Crippen LogP contribution in [0.5, 0.6) is 0 Å². The Bertz CT molecular complexity index is 857. The van der Waals surface area contributed by atoms with Gasteiger partial charge in [0.05, 0.1) is 14.7 Å². The largest absolute Gasteiger partial charge is 0.261 e. The third-order valence-electron chi connectivity index (χ3n) is 3.05. The fourth-order valence-corrected chi connectivity index (χ4v) is 4.99. The Kier molecular flexibility index (Phi) is 4.41. The SMILES string of the molecule is CCc1c(S(=O)(=O)Cl)cccc1S(=O)(=O)c1ccccc1. The second-order valence-corrected chi connectivity index (χ2v) is 8.79. The van der Waals surface area contributed by atoms with E-state index in [2.05, 4.69) is 0 Å². The Morgan fingerprint density at radius 3 is 1.95 bits per heavy atom. The molecule has 0 atom stereocenters. The zero-order chi connectivity index (χ0) is 15.7. The molecule has 0 N–H and O–H groups in total. The molecule has 21 heavy (non-hydrogen) atoms. The molecule has 2 rings (SSSR count). The summed E-state index contributed by atoms with van der Waals surface area (Å²) in [6, 6.07) is 12.0. The van der Waals surface area contributed by atoms with E-state index in [4.69, 9.17) is 10.7 Å². The van der Waals surface area contributed by atoms with Gasteiger partial charge in [0.25, 0.3) is 9.05 Å². The van der Waals surface area contributed by atoms with Gasteiger partial charge in [-0.05, 0) is 36.2 Å². The van der Waals surface area contributed by atoms with E-state index >= 15 is 0 Å². The van der Waals surface area contributed by atoms with Crippen LogP contribution in [0.1, 0.15) is 12.5 Å². The number of rotatable bonds is 4. The molecule has 0 aliphatic heterocycles. The molecule has 0 unspecified atom stereocenters. The average Bonchev–Trinajstić information content (AvgIpc) is 2.46. The standard InChI is InChI=1S/C14H13ClO4S2/c1-2-12-13(9-6-10-14(12)21(15,18)19)20(16,17)11-7-4-3-5-8-11/h3-10H,2H2,1H3. The third-order valence-corrected chi connectivity index (χ3v) is 6.31. The van der Waals surface area contributed by atoms with Crippen LogP contribution in [-0.4, -0.2) is 16.8 Å². The summed E-state index contributed by atoms with van der Waals surface area (Å²) in [5, 5.41) is 0. The van der Waals surface area contributed by atoms with E-state index in [1.54, 1.807) is 25.1 Å². The van der Waals surface area contributed by atoms with Gasteiger partial charge >= 0.3 is 0 Å². The fourth-order valence-electron chi connectivity index (χ4n) is 2.10. The predicted octanol–water partition coefficient (Wildman–Crippen LogP) is 3.01. The van der Waals surface area contributed by atoms with Crippen LogP contribution in [-0.2, 0) is 25.3 Å². The Hall–Kier alpha value is -1.37. The maximum atomic E-state index is 12.7. The normalized spacial score (nSPS) is 12.3. The van der Waals surface area contributed by atoms with E-state index in [0.717, 1.165) is 0 Å². The van der Waals surface area contributed by atoms with E-state index in [-0.39, 0.29) is 26.7 Å². The molecule has 0 aromatic heterocycles. The molecule has 7 heteroatoms. The summed E-state index contributed by atoms with van der Waals surface area (Å²) >= 11 is 0. The summed E-state index contributed by atoms with van der Waals surface area (Å²) in [5.41, 5.74) is 0.205. The molecule has 2 aromatic carbocycles. The first-order valence-corrected chi connectivity index (χ1v) is 9.94. The Morgan fingerprint density at radius 1 is 0.857 bits per heavy atom. The lowest BCUT2D eigenvalue weighted by Crippen LogP contribution is -2.08. The molecule has 0 radical (unpaired) electrons. The van der Waals surface area contributed by atoms with Crippen LogP contribution in [0.15, 0.2) is 63.2 Å². The Balaban J connectivity index is 2.77. The first-order chi connectivity index (χ1) is 9.78. The molecule has 4 nitrogen and oxygen atoms in total. The average molecular weight is 345 g/mol. The van der Waals surface area contributed by atoms with Gasteiger partial charge in [0.1, 0.15) is 0 Å². The van der Waals surface area contributed by atoms with Crippen molar-refractivity contribution in [1.29, 1.82) is 0 Å². The lowest BCUT2D eigenvalue weighted by atomic mass is 10.2. The minimum atomic E-state index is -4.00. The quantitative estimate of drug-likeness (QED) is 0.799. The lowest BCUT2D eigenvalue weighted by molar-refractivity contribution is 0.594. The maximum Gasteiger partial charge on any atom is 0.261 e. The third kappa shape index (κ3) is 3.12. The van der Waals surface area contributed by atoms with Crippen molar-refractivity contribution >= 4 is 29.6 Å². The van der Waals surface area contributed by atoms with Gasteiger partial charge in [-0.2, -0.15) is 0 Å². The smallest absolute Gasteiger partial charge is 0.219 e. The van der Waals surface area contributed by atoms with Crippen LogP contribution in [0.2, 0.25) is 0 Å². The van der Waals surface area contributed by atoms with Crippen molar-refractivity contribution in [2.45, 2.75) is 28.0 Å². The number of hydrogen-bond donors (Lipinski definition) is 0. The highest BCUT2D eigenvalue weighted by atomic mass is 35.7. The van der Waals surface area contributed by atoms with Crippen molar-refractivity contribution in [3.05, 3.63) is 54.1 Å². The second kappa shape index (κ2) is 5.79. The van der Waals surface area contributed by atoms with E-state index < -0.39 is 18.9 Å². The molecule has 0 fully saturated rings.